The second-order valence-corrected chi connectivity index (χ2v) is 4.55. The standard InChI is InChI=1S/C15H23NO2/c1-4-13(5-2)15(17)18-11-7-10-14-9-6-8-12(3)16-14/h6,8-9,13H,4-5,7,10-11H2,1-3H3. The Morgan fingerprint density at radius 2 is 2.06 bits per heavy atom. The largest absolute Gasteiger partial charge is 0.465 e. The number of nitrogens with zero attached hydrogens (tertiary/aromatic N) is 1. The molecule has 0 aromatic carbocycles. The van der Waals surface area contributed by atoms with Gasteiger partial charge in [-0.2, -0.15) is 0 Å². The molecule has 3 heteroatoms. The minimum absolute atomic E-state index is 0.0575. The number of aryl methyl sites for hydroxylation is 2. The molecule has 0 unspecified atom stereocenters. The number of hydrogen-bond acceptors (Lipinski definition) is 3. The molecule has 0 aliphatic heterocycles. The summed E-state index contributed by atoms with van der Waals surface area (Å²) < 4.78 is 5.27. The molecule has 0 amide bonds. The Labute approximate surface area is 110 Å². The summed E-state index contributed by atoms with van der Waals surface area (Å²) in [6, 6.07) is 6.00. The van der Waals surface area contributed by atoms with Crippen molar-refractivity contribution < 1.29 is 9.53 Å². The van der Waals surface area contributed by atoms with E-state index in [9.17, 15) is 4.79 Å². The summed E-state index contributed by atoms with van der Waals surface area (Å²) in [6.45, 7) is 6.51. The van der Waals surface area contributed by atoms with Gasteiger partial charge in [0, 0.05) is 11.4 Å². The van der Waals surface area contributed by atoms with Gasteiger partial charge in [0.25, 0.3) is 0 Å². The lowest BCUT2D eigenvalue weighted by atomic mass is 10.0. The molecule has 1 aromatic rings. The van der Waals surface area contributed by atoms with Gasteiger partial charge in [-0.3, -0.25) is 9.78 Å². The molecule has 0 atom stereocenters. The van der Waals surface area contributed by atoms with Crippen molar-refractivity contribution in [3.05, 3.63) is 29.6 Å². The van der Waals surface area contributed by atoms with Crippen LogP contribution in [-0.2, 0) is 16.0 Å². The van der Waals surface area contributed by atoms with Crippen molar-refractivity contribution in [1.29, 1.82) is 0 Å². The number of carbonyl (C=O) groups is 1. The van der Waals surface area contributed by atoms with E-state index >= 15 is 0 Å². The predicted molar refractivity (Wildman–Crippen MR) is 72.3 cm³/mol. The summed E-state index contributed by atoms with van der Waals surface area (Å²) in [6.07, 6.45) is 3.41. The highest BCUT2D eigenvalue weighted by atomic mass is 16.5. The first-order valence-corrected chi connectivity index (χ1v) is 6.76. The molecule has 0 N–H and O–H groups in total. The van der Waals surface area contributed by atoms with Crippen molar-refractivity contribution in [3.8, 4) is 0 Å². The molecule has 18 heavy (non-hydrogen) atoms. The van der Waals surface area contributed by atoms with Crippen LogP contribution in [0.25, 0.3) is 0 Å². The molecule has 0 saturated heterocycles. The summed E-state index contributed by atoms with van der Waals surface area (Å²) in [5, 5.41) is 0. The topological polar surface area (TPSA) is 39.2 Å². The molecule has 1 aromatic heterocycles. The third-order valence-electron chi connectivity index (χ3n) is 3.09. The Morgan fingerprint density at radius 3 is 2.67 bits per heavy atom. The molecule has 0 bridgehead atoms. The predicted octanol–water partition coefficient (Wildman–Crippen LogP) is 3.30. The van der Waals surface area contributed by atoms with Crippen LogP contribution in [0.3, 0.4) is 0 Å². The number of rotatable bonds is 7. The van der Waals surface area contributed by atoms with E-state index in [1.54, 1.807) is 0 Å². The van der Waals surface area contributed by atoms with Crippen LogP contribution in [0.1, 0.15) is 44.5 Å². The van der Waals surface area contributed by atoms with Gasteiger partial charge in [-0.1, -0.05) is 19.9 Å². The first-order valence-electron chi connectivity index (χ1n) is 6.76. The third kappa shape index (κ3) is 4.86. The Kier molecular flexibility index (Phi) is 6.40. The van der Waals surface area contributed by atoms with Crippen molar-refractivity contribution in [2.75, 3.05) is 6.61 Å². The van der Waals surface area contributed by atoms with Crippen molar-refractivity contribution in [1.82, 2.24) is 4.98 Å². The van der Waals surface area contributed by atoms with Crippen molar-refractivity contribution >= 4 is 5.97 Å². The van der Waals surface area contributed by atoms with Crippen LogP contribution in [0.2, 0.25) is 0 Å². The van der Waals surface area contributed by atoms with Gasteiger partial charge in [-0.25, -0.2) is 0 Å². The molecule has 3 nitrogen and oxygen atoms in total. The fourth-order valence-corrected chi connectivity index (χ4v) is 1.90. The summed E-state index contributed by atoms with van der Waals surface area (Å²) >= 11 is 0. The lowest BCUT2D eigenvalue weighted by Crippen LogP contribution is -2.17. The molecule has 0 aliphatic carbocycles. The Bertz CT molecular complexity index is 373. The maximum Gasteiger partial charge on any atom is 0.308 e. The number of ether oxygens (including phenoxy) is 1. The normalized spacial score (nSPS) is 10.7. The van der Waals surface area contributed by atoms with Crippen LogP contribution in [0.5, 0.6) is 0 Å². The van der Waals surface area contributed by atoms with Gasteiger partial charge in [-0.15, -0.1) is 0 Å². The van der Waals surface area contributed by atoms with Gasteiger partial charge in [0.1, 0.15) is 0 Å². The molecule has 0 fully saturated rings. The van der Waals surface area contributed by atoms with E-state index in [-0.39, 0.29) is 11.9 Å². The molecule has 0 radical (unpaired) electrons. The highest BCUT2D eigenvalue weighted by Gasteiger charge is 2.14. The minimum atomic E-state index is -0.0581. The lowest BCUT2D eigenvalue weighted by molar-refractivity contribution is -0.148. The zero-order valence-electron chi connectivity index (χ0n) is 11.6. The fraction of sp³-hybridized carbons (Fsp3) is 0.600. The smallest absolute Gasteiger partial charge is 0.308 e. The van der Waals surface area contributed by atoms with E-state index in [1.165, 1.54) is 0 Å². The lowest BCUT2D eigenvalue weighted by Gasteiger charge is -2.11. The van der Waals surface area contributed by atoms with Crippen LogP contribution < -0.4 is 0 Å². The first-order chi connectivity index (χ1) is 8.67. The minimum Gasteiger partial charge on any atom is -0.465 e. The zero-order valence-corrected chi connectivity index (χ0v) is 11.6. The van der Waals surface area contributed by atoms with Crippen molar-refractivity contribution in [2.45, 2.75) is 46.5 Å². The van der Waals surface area contributed by atoms with Gasteiger partial charge in [0.2, 0.25) is 0 Å². The van der Waals surface area contributed by atoms with E-state index in [4.69, 9.17) is 4.74 Å². The van der Waals surface area contributed by atoms with Crippen LogP contribution in [0.4, 0.5) is 0 Å². The van der Waals surface area contributed by atoms with Gasteiger partial charge >= 0.3 is 5.97 Å². The molecule has 1 heterocycles. The number of esters is 1. The van der Waals surface area contributed by atoms with Crippen LogP contribution in [0, 0.1) is 12.8 Å². The monoisotopic (exact) mass is 249 g/mol. The molecule has 0 aliphatic rings. The molecule has 0 spiro atoms. The van der Waals surface area contributed by atoms with E-state index in [0.717, 1.165) is 37.1 Å². The average molecular weight is 249 g/mol. The first kappa shape index (κ1) is 14.7. The summed E-state index contributed by atoms with van der Waals surface area (Å²) in [5.41, 5.74) is 2.09. The Balaban J connectivity index is 2.24. The van der Waals surface area contributed by atoms with Crippen molar-refractivity contribution in [2.24, 2.45) is 5.92 Å². The maximum atomic E-state index is 11.6. The summed E-state index contributed by atoms with van der Waals surface area (Å²) in [4.78, 5) is 16.0. The zero-order chi connectivity index (χ0) is 13.4. The second-order valence-electron chi connectivity index (χ2n) is 4.55. The fourth-order valence-electron chi connectivity index (χ4n) is 1.90. The highest BCUT2D eigenvalue weighted by Crippen LogP contribution is 2.10. The molecule has 100 valence electrons. The van der Waals surface area contributed by atoms with E-state index in [2.05, 4.69) is 4.98 Å². The van der Waals surface area contributed by atoms with E-state index < -0.39 is 0 Å². The van der Waals surface area contributed by atoms with Gasteiger partial charge < -0.3 is 4.74 Å². The number of pyridine rings is 1. The van der Waals surface area contributed by atoms with Crippen LogP contribution in [-0.4, -0.2) is 17.6 Å². The van der Waals surface area contributed by atoms with Gasteiger partial charge in [0.15, 0.2) is 0 Å². The van der Waals surface area contributed by atoms with E-state index in [1.807, 2.05) is 39.0 Å². The quantitative estimate of drug-likeness (QED) is 0.550. The number of hydrogen-bond donors (Lipinski definition) is 0. The molecule has 1 rings (SSSR count). The molecular weight excluding hydrogens is 226 g/mol. The van der Waals surface area contributed by atoms with Crippen LogP contribution in [0.15, 0.2) is 18.2 Å². The maximum absolute atomic E-state index is 11.6. The Morgan fingerprint density at radius 1 is 1.33 bits per heavy atom. The SMILES string of the molecule is CCC(CC)C(=O)OCCCc1cccc(C)n1. The summed E-state index contributed by atoms with van der Waals surface area (Å²) in [5.74, 6) is -0.000652. The Hall–Kier alpha value is -1.38. The van der Waals surface area contributed by atoms with Crippen LogP contribution >= 0.6 is 0 Å². The van der Waals surface area contributed by atoms with E-state index in [0.29, 0.717) is 6.61 Å². The highest BCUT2D eigenvalue weighted by molar-refractivity contribution is 5.72. The van der Waals surface area contributed by atoms with Crippen molar-refractivity contribution in [3.63, 3.8) is 0 Å². The van der Waals surface area contributed by atoms with Gasteiger partial charge in [0.05, 0.1) is 12.5 Å². The molecular formula is C15H23NO2. The number of aromatic nitrogens is 1. The third-order valence-corrected chi connectivity index (χ3v) is 3.09. The average Bonchev–Trinajstić information content (AvgIpc) is 2.36. The van der Waals surface area contributed by atoms with Gasteiger partial charge in [-0.05, 0) is 44.7 Å². The summed E-state index contributed by atoms with van der Waals surface area (Å²) in [7, 11) is 0. The number of carbonyl (C=O) groups excluding carboxylic acids is 1. The second kappa shape index (κ2) is 7.85. The molecule has 0 saturated carbocycles.